The van der Waals surface area contributed by atoms with Crippen LogP contribution in [0, 0.1) is 0 Å². The smallest absolute Gasteiger partial charge is 0.144 e. The van der Waals surface area contributed by atoms with E-state index in [2.05, 4.69) is 0 Å². The van der Waals surface area contributed by atoms with Gasteiger partial charge in [0.15, 0.2) is 0 Å². The molecule has 4 nitrogen and oxygen atoms in total. The molecule has 0 aromatic heterocycles. The summed E-state index contributed by atoms with van der Waals surface area (Å²) in [6.45, 7) is 12.0. The van der Waals surface area contributed by atoms with Crippen LogP contribution in [0.3, 0.4) is 0 Å². The lowest BCUT2D eigenvalue weighted by Crippen LogP contribution is -2.60. The van der Waals surface area contributed by atoms with Gasteiger partial charge in [-0.3, -0.25) is 0 Å². The van der Waals surface area contributed by atoms with Crippen molar-refractivity contribution < 1.29 is 4.57 Å². The average Bonchev–Trinajstić information content (AvgIpc) is 2.51. The second-order valence-corrected chi connectivity index (χ2v) is 9.93. The Labute approximate surface area is 125 Å². The minimum absolute atomic E-state index is 0.638. The average molecular weight is 305 g/mol. The zero-order chi connectivity index (χ0) is 16.2. The Bertz CT molecular complexity index is 293. The van der Waals surface area contributed by atoms with E-state index in [0.717, 1.165) is 0 Å². The summed E-state index contributed by atoms with van der Waals surface area (Å²) in [7, 11) is -3.05. The zero-order valence-electron chi connectivity index (χ0n) is 14.3. The lowest BCUT2D eigenvalue weighted by atomic mass is 10.1. The van der Waals surface area contributed by atoms with Crippen molar-refractivity contribution in [2.75, 3.05) is 0 Å². The van der Waals surface area contributed by atoms with Crippen LogP contribution in [0.1, 0.15) is 80.1 Å². The van der Waals surface area contributed by atoms with Crippen LogP contribution >= 0.6 is 7.14 Å². The van der Waals surface area contributed by atoms with Gasteiger partial charge in [-0.15, -0.1) is 0 Å². The molecule has 0 spiro atoms. The number of hydrogen-bond acceptors (Lipinski definition) is 4. The first kappa shape index (κ1) is 20.1. The Morgan fingerprint density at radius 1 is 0.600 bits per heavy atom. The van der Waals surface area contributed by atoms with Gasteiger partial charge in [0.1, 0.15) is 7.14 Å². The monoisotopic (exact) mass is 305 g/mol. The van der Waals surface area contributed by atoms with Crippen LogP contribution in [0.15, 0.2) is 0 Å². The summed E-state index contributed by atoms with van der Waals surface area (Å²) in [4.78, 5) is 0. The van der Waals surface area contributed by atoms with Crippen molar-refractivity contribution in [2.45, 2.75) is 95.9 Å². The quantitative estimate of drug-likeness (QED) is 0.565. The maximum absolute atomic E-state index is 14.3. The van der Waals surface area contributed by atoms with Gasteiger partial charge >= 0.3 is 0 Å². The minimum atomic E-state index is -3.05. The second-order valence-electron chi connectivity index (χ2n) is 6.04. The van der Waals surface area contributed by atoms with Gasteiger partial charge in [0.25, 0.3) is 0 Å². The molecule has 5 heteroatoms. The maximum atomic E-state index is 14.3. The SMILES string of the molecule is CCC(N)(CC)P(=O)(C(N)(CC)CC)C(N)(CC)CC. The maximum Gasteiger partial charge on any atom is 0.144 e. The Hall–Kier alpha value is 0.110. The van der Waals surface area contributed by atoms with Crippen LogP contribution in [0.5, 0.6) is 0 Å². The highest BCUT2D eigenvalue weighted by atomic mass is 31.2. The molecule has 0 rings (SSSR count). The highest BCUT2D eigenvalue weighted by Gasteiger charge is 2.62. The Morgan fingerprint density at radius 3 is 0.850 bits per heavy atom. The van der Waals surface area contributed by atoms with E-state index in [4.69, 9.17) is 17.2 Å². The molecule has 0 amide bonds. The molecule has 0 bridgehead atoms. The molecule has 0 heterocycles. The molecule has 0 fully saturated rings. The summed E-state index contributed by atoms with van der Waals surface area (Å²) >= 11 is 0. The fourth-order valence-electron chi connectivity index (χ4n) is 3.42. The van der Waals surface area contributed by atoms with Crippen molar-refractivity contribution >= 4 is 7.14 Å². The van der Waals surface area contributed by atoms with Crippen molar-refractivity contribution in [3.63, 3.8) is 0 Å². The van der Waals surface area contributed by atoms with Crippen LogP contribution in [0.2, 0.25) is 0 Å². The van der Waals surface area contributed by atoms with Crippen LogP contribution in [-0.2, 0) is 4.57 Å². The van der Waals surface area contributed by atoms with Crippen molar-refractivity contribution in [1.82, 2.24) is 0 Å². The van der Waals surface area contributed by atoms with Crippen LogP contribution in [-0.4, -0.2) is 15.8 Å². The molecular weight excluding hydrogens is 269 g/mol. The first-order chi connectivity index (χ1) is 9.11. The highest BCUT2D eigenvalue weighted by Crippen LogP contribution is 2.74. The van der Waals surface area contributed by atoms with E-state index in [9.17, 15) is 4.57 Å². The van der Waals surface area contributed by atoms with E-state index < -0.39 is 23.0 Å². The molecule has 20 heavy (non-hydrogen) atoms. The third kappa shape index (κ3) is 2.61. The Balaban J connectivity index is 6.43. The number of hydrogen-bond donors (Lipinski definition) is 3. The summed E-state index contributed by atoms with van der Waals surface area (Å²) in [5, 5.41) is -2.35. The predicted octanol–water partition coefficient (Wildman–Crippen LogP) is 3.77. The first-order valence-corrected chi connectivity index (χ1v) is 9.79. The molecule has 0 aromatic carbocycles. The lowest BCUT2D eigenvalue weighted by molar-refractivity contribution is 0.380. The molecule has 6 N–H and O–H groups in total. The van der Waals surface area contributed by atoms with E-state index in [1.807, 2.05) is 41.5 Å². The molecule has 122 valence electrons. The summed E-state index contributed by atoms with van der Waals surface area (Å²) < 4.78 is 14.3. The van der Waals surface area contributed by atoms with E-state index in [0.29, 0.717) is 38.5 Å². The van der Waals surface area contributed by atoms with Crippen molar-refractivity contribution in [3.05, 3.63) is 0 Å². The lowest BCUT2D eigenvalue weighted by Gasteiger charge is -2.54. The third-order valence-corrected chi connectivity index (χ3v) is 11.2. The first-order valence-electron chi connectivity index (χ1n) is 8.08. The van der Waals surface area contributed by atoms with E-state index in [1.165, 1.54) is 0 Å². The molecule has 0 saturated heterocycles. The van der Waals surface area contributed by atoms with E-state index in [1.54, 1.807) is 0 Å². The van der Waals surface area contributed by atoms with E-state index >= 15 is 0 Å². The highest BCUT2D eigenvalue weighted by molar-refractivity contribution is 7.68. The van der Waals surface area contributed by atoms with E-state index in [-0.39, 0.29) is 0 Å². The van der Waals surface area contributed by atoms with Gasteiger partial charge in [0.05, 0.1) is 15.8 Å². The molecule has 0 unspecified atom stereocenters. The topological polar surface area (TPSA) is 95.1 Å². The van der Waals surface area contributed by atoms with Gasteiger partial charge in [-0.05, 0) is 38.5 Å². The van der Waals surface area contributed by atoms with Gasteiger partial charge < -0.3 is 21.8 Å². The fourth-order valence-corrected chi connectivity index (χ4v) is 8.75. The Kier molecular flexibility index (Phi) is 6.95. The summed E-state index contributed by atoms with van der Waals surface area (Å²) in [6, 6.07) is 0. The van der Waals surface area contributed by atoms with Gasteiger partial charge in [-0.1, -0.05) is 41.5 Å². The molecule has 0 aliphatic carbocycles. The molecule has 0 aliphatic rings. The van der Waals surface area contributed by atoms with Crippen LogP contribution in [0.4, 0.5) is 0 Å². The van der Waals surface area contributed by atoms with Gasteiger partial charge in [-0.25, -0.2) is 0 Å². The summed E-state index contributed by atoms with van der Waals surface area (Å²) in [5.41, 5.74) is 19.9. The molecule has 0 aliphatic heterocycles. The third-order valence-electron chi connectivity index (χ3n) is 5.55. The normalized spacial score (nSPS) is 14.7. The molecule has 0 aromatic rings. The van der Waals surface area contributed by atoms with Crippen molar-refractivity contribution in [2.24, 2.45) is 17.2 Å². The fraction of sp³-hybridized carbons (Fsp3) is 1.00. The largest absolute Gasteiger partial charge is 0.319 e. The number of rotatable bonds is 9. The van der Waals surface area contributed by atoms with Gasteiger partial charge in [0, 0.05) is 0 Å². The number of nitrogens with two attached hydrogens (primary N) is 3. The predicted molar refractivity (Wildman–Crippen MR) is 90.1 cm³/mol. The summed E-state index contributed by atoms with van der Waals surface area (Å²) in [5.74, 6) is 0. The second kappa shape index (κ2) is 6.91. The standard InChI is InChI=1S/C15H36N3OP/c1-7-13(16,8-2)20(19,14(17,9-3)10-4)15(18,11-5)12-6/h7-12,16-18H2,1-6H3. The van der Waals surface area contributed by atoms with Crippen molar-refractivity contribution in [3.8, 4) is 0 Å². The Morgan fingerprint density at radius 2 is 0.750 bits per heavy atom. The van der Waals surface area contributed by atoms with Crippen molar-refractivity contribution in [1.29, 1.82) is 0 Å². The minimum Gasteiger partial charge on any atom is -0.319 e. The van der Waals surface area contributed by atoms with Crippen LogP contribution in [0.25, 0.3) is 0 Å². The van der Waals surface area contributed by atoms with Gasteiger partial charge in [-0.2, -0.15) is 0 Å². The molecule has 0 atom stereocenters. The summed E-state index contributed by atoms with van der Waals surface area (Å²) in [6.07, 6.45) is 3.83. The van der Waals surface area contributed by atoms with Gasteiger partial charge in [0.2, 0.25) is 0 Å². The molecule has 0 saturated carbocycles. The zero-order valence-corrected chi connectivity index (χ0v) is 15.2. The molecule has 0 radical (unpaired) electrons. The molecular formula is C15H36N3OP. The van der Waals surface area contributed by atoms with Crippen LogP contribution < -0.4 is 17.2 Å².